The van der Waals surface area contributed by atoms with Crippen LogP contribution in [0.5, 0.6) is 5.75 Å². The first-order chi connectivity index (χ1) is 10.7. The van der Waals surface area contributed by atoms with Crippen molar-refractivity contribution in [1.29, 1.82) is 0 Å². The van der Waals surface area contributed by atoms with Crippen molar-refractivity contribution in [2.45, 2.75) is 52.6 Å². The number of nitrogens with one attached hydrogen (secondary N) is 1. The fourth-order valence-electron chi connectivity index (χ4n) is 1.96. The minimum absolute atomic E-state index is 0.0677. The number of hydrogen-bond acceptors (Lipinski definition) is 3. The Bertz CT molecular complexity index is 538. The lowest BCUT2D eigenvalue weighted by Gasteiger charge is -2.21. The van der Waals surface area contributed by atoms with E-state index in [0.29, 0.717) is 31.1 Å². The average Bonchev–Trinajstić information content (AvgIpc) is 2.45. The van der Waals surface area contributed by atoms with Gasteiger partial charge in [-0.2, -0.15) is 0 Å². The van der Waals surface area contributed by atoms with Crippen LogP contribution in [0, 0.1) is 5.92 Å². The molecule has 5 heteroatoms. The predicted molar refractivity (Wildman–Crippen MR) is 89.6 cm³/mol. The Morgan fingerprint density at radius 3 is 2.61 bits per heavy atom. The summed E-state index contributed by atoms with van der Waals surface area (Å²) in [5.74, 6) is 0.0895. The van der Waals surface area contributed by atoms with E-state index in [1.165, 1.54) is 13.8 Å². The first-order valence-electron chi connectivity index (χ1n) is 7.99. The molecule has 0 bridgehead atoms. The van der Waals surface area contributed by atoms with Crippen LogP contribution in [0.15, 0.2) is 24.3 Å². The van der Waals surface area contributed by atoms with Crippen molar-refractivity contribution in [3.8, 4) is 5.75 Å². The second kappa shape index (κ2) is 8.56. The first kappa shape index (κ1) is 19.0. The molecule has 0 aliphatic carbocycles. The van der Waals surface area contributed by atoms with Crippen LogP contribution in [0.4, 0.5) is 0 Å². The molecule has 0 saturated carbocycles. The molecule has 0 aromatic heterocycles. The van der Waals surface area contributed by atoms with Gasteiger partial charge in [-0.25, -0.2) is 4.79 Å². The standard InChI is InChI=1S/C18H27NO4/c1-13(2)8-9-16(20)19-11-10-14-6-5-7-15(12-14)23-18(3,4)17(21)22/h5-7,12-13H,8-11H2,1-4H3,(H,19,20)(H,21,22). The van der Waals surface area contributed by atoms with Gasteiger partial charge in [-0.15, -0.1) is 0 Å². The van der Waals surface area contributed by atoms with Gasteiger partial charge in [-0.3, -0.25) is 4.79 Å². The number of benzene rings is 1. The molecular formula is C18H27NO4. The van der Waals surface area contributed by atoms with Crippen LogP contribution in [0.3, 0.4) is 0 Å². The molecule has 1 aromatic rings. The summed E-state index contributed by atoms with van der Waals surface area (Å²) in [7, 11) is 0. The Labute approximate surface area is 138 Å². The van der Waals surface area contributed by atoms with Crippen molar-refractivity contribution in [2.24, 2.45) is 5.92 Å². The van der Waals surface area contributed by atoms with E-state index in [-0.39, 0.29) is 5.91 Å². The van der Waals surface area contributed by atoms with Crippen LogP contribution in [-0.2, 0) is 16.0 Å². The molecule has 0 aliphatic heterocycles. The lowest BCUT2D eigenvalue weighted by atomic mass is 10.1. The Morgan fingerprint density at radius 1 is 1.30 bits per heavy atom. The minimum Gasteiger partial charge on any atom is -0.478 e. The van der Waals surface area contributed by atoms with Gasteiger partial charge in [0.25, 0.3) is 0 Å². The molecule has 5 nitrogen and oxygen atoms in total. The molecule has 2 N–H and O–H groups in total. The van der Waals surface area contributed by atoms with Gasteiger partial charge in [0.15, 0.2) is 5.60 Å². The number of rotatable bonds is 9. The summed E-state index contributed by atoms with van der Waals surface area (Å²) in [5.41, 5.74) is -0.281. The molecule has 1 aromatic carbocycles. The smallest absolute Gasteiger partial charge is 0.347 e. The molecule has 0 radical (unpaired) electrons. The number of amides is 1. The Kier molecular flexibility index (Phi) is 7.07. The zero-order chi connectivity index (χ0) is 17.5. The van der Waals surface area contributed by atoms with Crippen molar-refractivity contribution in [2.75, 3.05) is 6.54 Å². The van der Waals surface area contributed by atoms with Crippen LogP contribution in [0.2, 0.25) is 0 Å². The summed E-state index contributed by atoms with van der Waals surface area (Å²) < 4.78 is 5.51. The predicted octanol–water partition coefficient (Wildman–Crippen LogP) is 3.02. The third-order valence-corrected chi connectivity index (χ3v) is 3.47. The third-order valence-electron chi connectivity index (χ3n) is 3.47. The van der Waals surface area contributed by atoms with Gasteiger partial charge in [0.2, 0.25) is 5.91 Å². The molecule has 0 aliphatic rings. The van der Waals surface area contributed by atoms with Gasteiger partial charge in [-0.1, -0.05) is 26.0 Å². The quantitative estimate of drug-likeness (QED) is 0.733. The maximum Gasteiger partial charge on any atom is 0.347 e. The van der Waals surface area contributed by atoms with Gasteiger partial charge < -0.3 is 15.2 Å². The Balaban J connectivity index is 2.48. The maximum atomic E-state index is 11.7. The minimum atomic E-state index is -1.27. The highest BCUT2D eigenvalue weighted by molar-refractivity contribution is 5.77. The Morgan fingerprint density at radius 2 is 2.00 bits per heavy atom. The fraction of sp³-hybridized carbons (Fsp3) is 0.556. The number of ether oxygens (including phenoxy) is 1. The number of carbonyl (C=O) groups is 2. The van der Waals surface area contributed by atoms with Crippen molar-refractivity contribution in [1.82, 2.24) is 5.32 Å². The van der Waals surface area contributed by atoms with E-state index in [2.05, 4.69) is 19.2 Å². The van der Waals surface area contributed by atoms with Crippen LogP contribution in [0.1, 0.15) is 46.1 Å². The fourth-order valence-corrected chi connectivity index (χ4v) is 1.96. The molecule has 0 fully saturated rings. The second-order valence-electron chi connectivity index (χ2n) is 6.60. The molecule has 0 unspecified atom stereocenters. The van der Waals surface area contributed by atoms with Crippen LogP contribution in [-0.4, -0.2) is 29.1 Å². The molecule has 128 valence electrons. The summed E-state index contributed by atoms with van der Waals surface area (Å²) in [5, 5.41) is 12.0. The molecule has 0 saturated heterocycles. The van der Waals surface area contributed by atoms with E-state index in [4.69, 9.17) is 9.84 Å². The molecule has 1 amide bonds. The van der Waals surface area contributed by atoms with E-state index in [1.807, 2.05) is 18.2 Å². The van der Waals surface area contributed by atoms with E-state index < -0.39 is 11.6 Å². The van der Waals surface area contributed by atoms with Crippen molar-refractivity contribution in [3.63, 3.8) is 0 Å². The highest BCUT2D eigenvalue weighted by Crippen LogP contribution is 2.20. The van der Waals surface area contributed by atoms with Crippen LogP contribution in [0.25, 0.3) is 0 Å². The molecule has 23 heavy (non-hydrogen) atoms. The summed E-state index contributed by atoms with van der Waals surface area (Å²) >= 11 is 0. The Hall–Kier alpha value is -2.04. The number of carboxylic acid groups (broad SMARTS) is 1. The molecule has 0 atom stereocenters. The number of carbonyl (C=O) groups excluding carboxylic acids is 1. The van der Waals surface area contributed by atoms with E-state index in [1.54, 1.807) is 6.07 Å². The topological polar surface area (TPSA) is 75.6 Å². The van der Waals surface area contributed by atoms with Crippen LogP contribution >= 0.6 is 0 Å². The summed E-state index contributed by atoms with van der Waals surface area (Å²) in [6.07, 6.45) is 2.12. The summed E-state index contributed by atoms with van der Waals surface area (Å²) in [4.78, 5) is 22.8. The number of hydrogen-bond donors (Lipinski definition) is 2. The third kappa shape index (κ3) is 7.17. The van der Waals surface area contributed by atoms with E-state index >= 15 is 0 Å². The van der Waals surface area contributed by atoms with Crippen LogP contribution < -0.4 is 10.1 Å². The molecule has 0 spiro atoms. The molecule has 0 heterocycles. The largest absolute Gasteiger partial charge is 0.478 e. The van der Waals surface area contributed by atoms with E-state index in [9.17, 15) is 9.59 Å². The summed E-state index contributed by atoms with van der Waals surface area (Å²) in [6.45, 7) is 7.77. The van der Waals surface area contributed by atoms with Gasteiger partial charge in [0.1, 0.15) is 5.75 Å². The number of carboxylic acids is 1. The molecular weight excluding hydrogens is 294 g/mol. The zero-order valence-corrected chi connectivity index (χ0v) is 14.4. The monoisotopic (exact) mass is 321 g/mol. The van der Waals surface area contributed by atoms with Crippen molar-refractivity contribution >= 4 is 11.9 Å². The first-order valence-corrected chi connectivity index (χ1v) is 7.99. The highest BCUT2D eigenvalue weighted by Gasteiger charge is 2.29. The van der Waals surface area contributed by atoms with Crippen molar-refractivity contribution < 1.29 is 19.4 Å². The maximum absolute atomic E-state index is 11.7. The van der Waals surface area contributed by atoms with Crippen molar-refractivity contribution in [3.05, 3.63) is 29.8 Å². The number of aliphatic carboxylic acids is 1. The molecule has 1 rings (SSSR count). The average molecular weight is 321 g/mol. The lowest BCUT2D eigenvalue weighted by Crippen LogP contribution is -2.37. The summed E-state index contributed by atoms with van der Waals surface area (Å²) in [6, 6.07) is 7.30. The lowest BCUT2D eigenvalue weighted by molar-refractivity contribution is -0.152. The van der Waals surface area contributed by atoms with E-state index in [0.717, 1.165) is 12.0 Å². The van der Waals surface area contributed by atoms with Gasteiger partial charge >= 0.3 is 5.97 Å². The normalized spacial score (nSPS) is 11.3. The van der Waals surface area contributed by atoms with Gasteiger partial charge in [0.05, 0.1) is 0 Å². The second-order valence-corrected chi connectivity index (χ2v) is 6.60. The zero-order valence-electron chi connectivity index (χ0n) is 14.4. The SMILES string of the molecule is CC(C)CCC(=O)NCCc1cccc(OC(C)(C)C(=O)O)c1. The van der Waals surface area contributed by atoms with Gasteiger partial charge in [0, 0.05) is 13.0 Å². The van der Waals surface area contributed by atoms with Gasteiger partial charge in [-0.05, 0) is 50.3 Å². The highest BCUT2D eigenvalue weighted by atomic mass is 16.5.